The summed E-state index contributed by atoms with van der Waals surface area (Å²) in [5.41, 5.74) is 5.04. The molecule has 8 nitrogen and oxygen atoms in total. The van der Waals surface area contributed by atoms with Gasteiger partial charge in [-0.3, -0.25) is 19.4 Å². The number of aliphatic imine (C=N–C) groups is 1. The van der Waals surface area contributed by atoms with Crippen LogP contribution >= 0.6 is 11.6 Å². The fraction of sp³-hybridized carbons (Fsp3) is 0.267. The van der Waals surface area contributed by atoms with E-state index in [1.165, 1.54) is 0 Å². The van der Waals surface area contributed by atoms with Gasteiger partial charge in [0.05, 0.1) is 11.4 Å². The van der Waals surface area contributed by atoms with E-state index in [4.69, 9.17) is 21.7 Å². The first-order valence-electron chi connectivity index (χ1n) is 12.8. The Labute approximate surface area is 232 Å². The van der Waals surface area contributed by atoms with Gasteiger partial charge in [0, 0.05) is 36.3 Å². The number of nitrogens with zero attached hydrogens (tertiary/aromatic N) is 2. The molecule has 0 aliphatic carbocycles. The van der Waals surface area contributed by atoms with Crippen LogP contribution in [0.4, 0.5) is 17.1 Å². The summed E-state index contributed by atoms with van der Waals surface area (Å²) in [4.78, 5) is 43.1. The van der Waals surface area contributed by atoms with E-state index in [9.17, 15) is 14.4 Å². The predicted molar refractivity (Wildman–Crippen MR) is 154 cm³/mol. The van der Waals surface area contributed by atoms with Gasteiger partial charge in [-0.2, -0.15) is 0 Å². The molecule has 202 valence electrons. The molecule has 2 amide bonds. The molecule has 9 heteroatoms. The second-order valence-electron chi connectivity index (χ2n) is 9.39. The molecule has 0 saturated heterocycles. The van der Waals surface area contributed by atoms with Gasteiger partial charge in [0.2, 0.25) is 11.8 Å². The summed E-state index contributed by atoms with van der Waals surface area (Å²) < 4.78 is 0. The summed E-state index contributed by atoms with van der Waals surface area (Å²) in [7, 11) is 1.88. The van der Waals surface area contributed by atoms with Crippen LogP contribution in [0, 0.1) is 0 Å². The molecular weight excluding hydrogens is 516 g/mol. The SMILES string of the molecule is CNCCCN(C(C)=O)c1ccc(N=C(c2ccc(CCC(=O)O)cc2)C2C(=O)Nc3cc(Cl)ccc32)cc1. The fourth-order valence-electron chi connectivity index (χ4n) is 4.62. The van der Waals surface area contributed by atoms with Crippen LogP contribution < -0.4 is 15.5 Å². The van der Waals surface area contributed by atoms with E-state index in [0.29, 0.717) is 35.1 Å². The van der Waals surface area contributed by atoms with Gasteiger partial charge < -0.3 is 20.6 Å². The molecule has 0 fully saturated rings. The lowest BCUT2D eigenvalue weighted by Crippen LogP contribution is -2.31. The highest BCUT2D eigenvalue weighted by atomic mass is 35.5. The Morgan fingerprint density at radius 3 is 2.44 bits per heavy atom. The van der Waals surface area contributed by atoms with Gasteiger partial charge in [0.25, 0.3) is 0 Å². The number of aliphatic carboxylic acids is 1. The predicted octanol–water partition coefficient (Wildman–Crippen LogP) is 5.18. The smallest absolute Gasteiger partial charge is 0.303 e. The fourth-order valence-corrected chi connectivity index (χ4v) is 4.80. The van der Waals surface area contributed by atoms with Crippen molar-refractivity contribution >= 4 is 52.2 Å². The summed E-state index contributed by atoms with van der Waals surface area (Å²) in [6.45, 7) is 2.95. The van der Waals surface area contributed by atoms with Crippen molar-refractivity contribution in [3.8, 4) is 0 Å². The number of aryl methyl sites for hydroxylation is 1. The quantitative estimate of drug-likeness (QED) is 0.227. The van der Waals surface area contributed by atoms with Crippen LogP contribution in [0.2, 0.25) is 5.02 Å². The average Bonchev–Trinajstić information content (AvgIpc) is 3.23. The molecule has 0 bridgehead atoms. The maximum Gasteiger partial charge on any atom is 0.303 e. The normalized spacial score (nSPS) is 14.6. The third kappa shape index (κ3) is 6.90. The molecule has 1 atom stereocenters. The largest absolute Gasteiger partial charge is 0.481 e. The van der Waals surface area contributed by atoms with E-state index in [0.717, 1.165) is 35.3 Å². The van der Waals surface area contributed by atoms with Crippen molar-refractivity contribution in [1.29, 1.82) is 0 Å². The summed E-state index contributed by atoms with van der Waals surface area (Å²) in [6, 6.07) is 20.1. The van der Waals surface area contributed by atoms with Gasteiger partial charge in [-0.1, -0.05) is 41.9 Å². The van der Waals surface area contributed by atoms with Crippen molar-refractivity contribution in [1.82, 2.24) is 5.32 Å². The lowest BCUT2D eigenvalue weighted by molar-refractivity contribution is -0.137. The Balaban J connectivity index is 1.70. The van der Waals surface area contributed by atoms with E-state index in [-0.39, 0.29) is 18.2 Å². The van der Waals surface area contributed by atoms with Crippen LogP contribution in [-0.4, -0.2) is 48.7 Å². The minimum Gasteiger partial charge on any atom is -0.481 e. The molecule has 1 aliphatic rings. The zero-order valence-electron chi connectivity index (χ0n) is 21.9. The van der Waals surface area contributed by atoms with Crippen LogP contribution in [-0.2, 0) is 20.8 Å². The third-order valence-corrected chi connectivity index (χ3v) is 6.83. The lowest BCUT2D eigenvalue weighted by atomic mass is 9.90. The number of carbonyl (C=O) groups is 3. The molecule has 1 heterocycles. The van der Waals surface area contributed by atoms with Gasteiger partial charge in [-0.05, 0) is 79.5 Å². The molecule has 0 saturated carbocycles. The van der Waals surface area contributed by atoms with Crippen molar-refractivity contribution in [2.24, 2.45) is 4.99 Å². The molecule has 1 unspecified atom stereocenters. The van der Waals surface area contributed by atoms with Gasteiger partial charge in [0.1, 0.15) is 5.92 Å². The molecule has 3 N–H and O–H groups in total. The number of carbonyl (C=O) groups excluding carboxylic acids is 2. The standard InChI is InChI=1S/C30H31ClN4O4/c1-19(36)35(17-3-16-32-2)24-12-10-23(11-13-24)33-29(21-7-4-20(5-8-21)6-15-27(37)38)28-25-14-9-22(31)18-26(25)34-30(28)39/h4-5,7-14,18,28,32H,3,6,15-17H2,1-2H3,(H,34,39)(H,37,38). The van der Waals surface area contributed by atoms with Crippen LogP contribution in [0.1, 0.15) is 42.4 Å². The Bertz CT molecular complexity index is 1390. The zero-order valence-corrected chi connectivity index (χ0v) is 22.7. The Morgan fingerprint density at radius 2 is 1.79 bits per heavy atom. The lowest BCUT2D eigenvalue weighted by Gasteiger charge is -2.21. The molecule has 39 heavy (non-hydrogen) atoms. The monoisotopic (exact) mass is 546 g/mol. The minimum absolute atomic E-state index is 0.0380. The number of rotatable bonds is 11. The van der Waals surface area contributed by atoms with Gasteiger partial charge in [0.15, 0.2) is 0 Å². The highest BCUT2D eigenvalue weighted by Gasteiger charge is 2.35. The number of fused-ring (bicyclic) bond motifs is 1. The van der Waals surface area contributed by atoms with Crippen LogP contribution in [0.15, 0.2) is 71.7 Å². The summed E-state index contributed by atoms with van der Waals surface area (Å²) in [6.07, 6.45) is 1.27. The van der Waals surface area contributed by atoms with Crippen molar-refractivity contribution in [2.45, 2.75) is 32.1 Å². The Kier molecular flexibility index (Phi) is 9.11. The number of nitrogens with one attached hydrogen (secondary N) is 2. The van der Waals surface area contributed by atoms with Gasteiger partial charge >= 0.3 is 5.97 Å². The molecule has 3 aromatic rings. The zero-order chi connectivity index (χ0) is 27.9. The van der Waals surface area contributed by atoms with Gasteiger partial charge in [-0.15, -0.1) is 0 Å². The van der Waals surface area contributed by atoms with E-state index < -0.39 is 11.9 Å². The first-order chi connectivity index (χ1) is 18.8. The first kappa shape index (κ1) is 28.0. The van der Waals surface area contributed by atoms with E-state index >= 15 is 0 Å². The van der Waals surface area contributed by atoms with Crippen molar-refractivity contribution in [3.05, 3.63) is 88.4 Å². The first-order valence-corrected chi connectivity index (χ1v) is 13.2. The number of hydrogen-bond acceptors (Lipinski definition) is 5. The second-order valence-corrected chi connectivity index (χ2v) is 9.82. The number of anilines is 2. The van der Waals surface area contributed by atoms with Crippen molar-refractivity contribution in [2.75, 3.05) is 30.4 Å². The number of halogens is 1. The molecule has 0 aromatic heterocycles. The maximum absolute atomic E-state index is 13.2. The molecule has 0 radical (unpaired) electrons. The topological polar surface area (TPSA) is 111 Å². The second kappa shape index (κ2) is 12.7. The number of benzene rings is 3. The highest BCUT2D eigenvalue weighted by molar-refractivity contribution is 6.31. The minimum atomic E-state index is -0.854. The molecule has 1 aliphatic heterocycles. The molecule has 0 spiro atoms. The average molecular weight is 547 g/mol. The number of carboxylic acid groups (broad SMARTS) is 1. The van der Waals surface area contributed by atoms with Crippen LogP contribution in [0.3, 0.4) is 0 Å². The van der Waals surface area contributed by atoms with E-state index in [2.05, 4.69) is 10.6 Å². The summed E-state index contributed by atoms with van der Waals surface area (Å²) in [5.74, 6) is -1.75. The summed E-state index contributed by atoms with van der Waals surface area (Å²) >= 11 is 6.16. The van der Waals surface area contributed by atoms with Crippen molar-refractivity contribution in [3.63, 3.8) is 0 Å². The number of hydrogen-bond donors (Lipinski definition) is 3. The van der Waals surface area contributed by atoms with Gasteiger partial charge in [-0.25, -0.2) is 0 Å². The number of carboxylic acids is 1. The molecular formula is C30H31ClN4O4. The molecule has 3 aromatic carbocycles. The van der Waals surface area contributed by atoms with E-state index in [1.54, 1.807) is 24.0 Å². The summed E-state index contributed by atoms with van der Waals surface area (Å²) in [5, 5.41) is 15.5. The van der Waals surface area contributed by atoms with Crippen LogP contribution in [0.25, 0.3) is 0 Å². The third-order valence-electron chi connectivity index (χ3n) is 6.60. The Hall–Kier alpha value is -4.01. The molecule has 4 rings (SSSR count). The number of amides is 2. The van der Waals surface area contributed by atoms with Crippen LogP contribution in [0.5, 0.6) is 0 Å². The highest BCUT2D eigenvalue weighted by Crippen LogP contribution is 2.38. The Morgan fingerprint density at radius 1 is 1.08 bits per heavy atom. The van der Waals surface area contributed by atoms with Crippen molar-refractivity contribution < 1.29 is 19.5 Å². The van der Waals surface area contributed by atoms with E-state index in [1.807, 2.05) is 61.6 Å². The maximum atomic E-state index is 13.2.